The number of benzene rings is 1. The molecule has 4 nitrogen and oxygen atoms in total. The minimum atomic E-state index is 0.173. The summed E-state index contributed by atoms with van der Waals surface area (Å²) in [5.41, 5.74) is 1.76. The number of nitrogens with one attached hydrogen (secondary N) is 1. The van der Waals surface area contributed by atoms with Gasteiger partial charge in [0.05, 0.1) is 17.1 Å². The third-order valence-electron chi connectivity index (χ3n) is 4.35. The van der Waals surface area contributed by atoms with E-state index in [1.807, 2.05) is 41.6 Å². The highest BCUT2D eigenvalue weighted by atomic mass is 35.5. The molecule has 0 saturated carbocycles. The smallest absolute Gasteiger partial charge is 0.228 e. The molecule has 1 saturated heterocycles. The van der Waals surface area contributed by atoms with Gasteiger partial charge in [0.2, 0.25) is 5.91 Å². The molecule has 0 bridgehead atoms. The highest BCUT2D eigenvalue weighted by molar-refractivity contribution is 7.13. The van der Waals surface area contributed by atoms with Crippen LogP contribution in [0.2, 0.25) is 5.02 Å². The quantitative estimate of drug-likeness (QED) is 0.884. The Morgan fingerprint density at radius 1 is 1.46 bits per heavy atom. The van der Waals surface area contributed by atoms with Crippen molar-refractivity contribution in [3.05, 3.63) is 40.4 Å². The van der Waals surface area contributed by atoms with E-state index in [9.17, 15) is 4.79 Å². The Hall–Kier alpha value is -1.43. The number of carbonyl (C=O) groups excluding carboxylic acids is 1. The first-order valence-corrected chi connectivity index (χ1v) is 9.55. The second-order valence-corrected chi connectivity index (χ2v) is 7.47. The van der Waals surface area contributed by atoms with E-state index in [1.54, 1.807) is 0 Å². The topological polar surface area (TPSA) is 45.2 Å². The molecule has 24 heavy (non-hydrogen) atoms. The molecule has 1 amide bonds. The van der Waals surface area contributed by atoms with Gasteiger partial charge in [0.1, 0.15) is 5.01 Å². The van der Waals surface area contributed by atoms with Gasteiger partial charge in [0, 0.05) is 24.0 Å². The second-order valence-electron chi connectivity index (χ2n) is 6.21. The van der Waals surface area contributed by atoms with Crippen LogP contribution in [0.5, 0.6) is 0 Å². The number of amides is 1. The number of likely N-dealkylation sites (tertiary alicyclic amines) is 1. The molecular formula is C18H22ClN3OS. The Labute approximate surface area is 151 Å². The summed E-state index contributed by atoms with van der Waals surface area (Å²) in [6, 6.07) is 7.67. The van der Waals surface area contributed by atoms with E-state index in [-0.39, 0.29) is 5.91 Å². The predicted molar refractivity (Wildman–Crippen MR) is 99.5 cm³/mol. The minimum absolute atomic E-state index is 0.173. The van der Waals surface area contributed by atoms with Crippen molar-refractivity contribution in [1.29, 1.82) is 0 Å². The van der Waals surface area contributed by atoms with E-state index in [4.69, 9.17) is 11.6 Å². The highest BCUT2D eigenvalue weighted by Gasteiger charge is 2.23. The van der Waals surface area contributed by atoms with Crippen molar-refractivity contribution in [2.24, 2.45) is 5.92 Å². The largest absolute Gasteiger partial charge is 0.342 e. The SMILES string of the molecule is CNCC1CCCN(C(=O)Cc2csc(-c3ccccc3Cl)n2)C1. The van der Waals surface area contributed by atoms with E-state index in [1.165, 1.54) is 17.8 Å². The number of piperidine rings is 1. The Morgan fingerprint density at radius 3 is 3.08 bits per heavy atom. The summed E-state index contributed by atoms with van der Waals surface area (Å²) in [5.74, 6) is 0.730. The van der Waals surface area contributed by atoms with E-state index < -0.39 is 0 Å². The molecule has 1 aliphatic heterocycles. The molecule has 0 radical (unpaired) electrons. The number of nitrogens with zero attached hydrogens (tertiary/aromatic N) is 2. The van der Waals surface area contributed by atoms with Gasteiger partial charge in [-0.15, -0.1) is 11.3 Å². The fourth-order valence-corrected chi connectivity index (χ4v) is 4.30. The molecule has 0 aliphatic carbocycles. The first-order valence-electron chi connectivity index (χ1n) is 8.29. The standard InChI is InChI=1S/C18H22ClN3OS/c1-20-10-13-5-4-8-22(11-13)17(23)9-14-12-24-18(21-14)15-6-2-3-7-16(15)19/h2-3,6-7,12-13,20H,4-5,8-11H2,1H3. The van der Waals surface area contributed by atoms with E-state index in [0.29, 0.717) is 17.4 Å². The third-order valence-corrected chi connectivity index (χ3v) is 5.61. The maximum atomic E-state index is 12.6. The van der Waals surface area contributed by atoms with Crippen LogP contribution in [0, 0.1) is 5.92 Å². The summed E-state index contributed by atoms with van der Waals surface area (Å²) < 4.78 is 0. The van der Waals surface area contributed by atoms with Crippen LogP contribution in [0.3, 0.4) is 0 Å². The van der Waals surface area contributed by atoms with Crippen molar-refractivity contribution in [2.45, 2.75) is 19.3 Å². The summed E-state index contributed by atoms with van der Waals surface area (Å²) in [4.78, 5) is 19.2. The van der Waals surface area contributed by atoms with Gasteiger partial charge in [-0.2, -0.15) is 0 Å². The fourth-order valence-electron chi connectivity index (χ4n) is 3.16. The zero-order chi connectivity index (χ0) is 16.9. The molecule has 1 aromatic heterocycles. The Balaban J connectivity index is 1.64. The average Bonchev–Trinajstić information content (AvgIpc) is 3.04. The molecule has 1 N–H and O–H groups in total. The molecule has 2 heterocycles. The molecule has 1 atom stereocenters. The van der Waals surface area contributed by atoms with Crippen molar-refractivity contribution >= 4 is 28.8 Å². The summed E-state index contributed by atoms with van der Waals surface area (Å²) in [6.07, 6.45) is 2.64. The number of carbonyl (C=O) groups is 1. The van der Waals surface area contributed by atoms with Gasteiger partial charge in [-0.1, -0.05) is 29.8 Å². The molecule has 6 heteroatoms. The number of hydrogen-bond acceptors (Lipinski definition) is 4. The Kier molecular flexibility index (Phi) is 5.87. The molecule has 3 rings (SSSR count). The van der Waals surface area contributed by atoms with Crippen molar-refractivity contribution in [3.8, 4) is 10.6 Å². The summed E-state index contributed by atoms with van der Waals surface area (Å²) in [7, 11) is 1.96. The molecular weight excluding hydrogens is 342 g/mol. The lowest BCUT2D eigenvalue weighted by atomic mass is 9.97. The molecule has 0 spiro atoms. The van der Waals surface area contributed by atoms with Crippen LogP contribution in [-0.4, -0.2) is 42.5 Å². The highest BCUT2D eigenvalue weighted by Crippen LogP contribution is 2.30. The predicted octanol–water partition coefficient (Wildman–Crippen LogP) is 3.46. The molecule has 1 aromatic carbocycles. The van der Waals surface area contributed by atoms with Gasteiger partial charge < -0.3 is 10.2 Å². The van der Waals surface area contributed by atoms with Gasteiger partial charge in [0.15, 0.2) is 0 Å². The van der Waals surface area contributed by atoms with E-state index in [2.05, 4.69) is 10.3 Å². The van der Waals surface area contributed by atoms with Crippen LogP contribution >= 0.6 is 22.9 Å². The van der Waals surface area contributed by atoms with Crippen LogP contribution in [0.4, 0.5) is 0 Å². The number of aromatic nitrogens is 1. The molecule has 1 unspecified atom stereocenters. The summed E-state index contributed by atoms with van der Waals surface area (Å²) in [5, 5.41) is 6.74. The summed E-state index contributed by atoms with van der Waals surface area (Å²) in [6.45, 7) is 2.68. The van der Waals surface area contributed by atoms with Crippen LogP contribution in [0.25, 0.3) is 10.6 Å². The first kappa shape index (κ1) is 17.4. The lowest BCUT2D eigenvalue weighted by Gasteiger charge is -2.32. The minimum Gasteiger partial charge on any atom is -0.342 e. The monoisotopic (exact) mass is 363 g/mol. The number of thiazole rings is 1. The van der Waals surface area contributed by atoms with Crippen LogP contribution in [0.15, 0.2) is 29.6 Å². The maximum absolute atomic E-state index is 12.6. The number of halogens is 1. The zero-order valence-electron chi connectivity index (χ0n) is 13.8. The van der Waals surface area contributed by atoms with E-state index in [0.717, 1.165) is 42.3 Å². The van der Waals surface area contributed by atoms with Crippen LogP contribution in [-0.2, 0) is 11.2 Å². The first-order chi connectivity index (χ1) is 11.7. The van der Waals surface area contributed by atoms with Crippen molar-refractivity contribution in [1.82, 2.24) is 15.2 Å². The van der Waals surface area contributed by atoms with Crippen molar-refractivity contribution in [3.63, 3.8) is 0 Å². The fraction of sp³-hybridized carbons (Fsp3) is 0.444. The molecule has 1 fully saturated rings. The molecule has 2 aromatic rings. The van der Waals surface area contributed by atoms with Gasteiger partial charge in [-0.3, -0.25) is 4.79 Å². The van der Waals surface area contributed by atoms with Gasteiger partial charge in [-0.05, 0) is 38.4 Å². The lowest BCUT2D eigenvalue weighted by Crippen LogP contribution is -2.43. The van der Waals surface area contributed by atoms with E-state index >= 15 is 0 Å². The lowest BCUT2D eigenvalue weighted by molar-refractivity contribution is -0.132. The number of rotatable bonds is 5. The molecule has 1 aliphatic rings. The van der Waals surface area contributed by atoms with Gasteiger partial charge in [0.25, 0.3) is 0 Å². The van der Waals surface area contributed by atoms with Crippen LogP contribution < -0.4 is 5.32 Å². The third kappa shape index (κ3) is 4.15. The zero-order valence-corrected chi connectivity index (χ0v) is 15.4. The van der Waals surface area contributed by atoms with Crippen LogP contribution in [0.1, 0.15) is 18.5 Å². The Bertz CT molecular complexity index is 701. The van der Waals surface area contributed by atoms with Crippen molar-refractivity contribution in [2.75, 3.05) is 26.7 Å². The number of hydrogen-bond donors (Lipinski definition) is 1. The Morgan fingerprint density at radius 2 is 2.29 bits per heavy atom. The molecule has 128 valence electrons. The van der Waals surface area contributed by atoms with Gasteiger partial charge in [-0.25, -0.2) is 4.98 Å². The summed E-state index contributed by atoms with van der Waals surface area (Å²) >= 11 is 7.76. The normalized spacial score (nSPS) is 17.9. The van der Waals surface area contributed by atoms with Gasteiger partial charge >= 0.3 is 0 Å². The maximum Gasteiger partial charge on any atom is 0.228 e. The van der Waals surface area contributed by atoms with Crippen molar-refractivity contribution < 1.29 is 4.79 Å². The average molecular weight is 364 g/mol. The second kappa shape index (κ2) is 8.10.